The Bertz CT molecular complexity index is 949. The summed E-state index contributed by atoms with van der Waals surface area (Å²) in [5, 5.41) is 0. The number of quaternary nitrogens is 1. The summed E-state index contributed by atoms with van der Waals surface area (Å²) < 4.78 is 40.2. The normalized spacial score (nSPS) is 16.1. The van der Waals surface area contributed by atoms with Crippen molar-refractivity contribution in [3.63, 3.8) is 0 Å². The van der Waals surface area contributed by atoms with Crippen molar-refractivity contribution in [2.75, 3.05) is 45.2 Å². The number of benzene rings is 1. The van der Waals surface area contributed by atoms with Crippen molar-refractivity contribution < 1.29 is 17.7 Å². The van der Waals surface area contributed by atoms with Gasteiger partial charge in [-0.3, -0.25) is 9.36 Å². The second kappa shape index (κ2) is 7.79. The summed E-state index contributed by atoms with van der Waals surface area (Å²) >= 11 is 0. The van der Waals surface area contributed by atoms with Gasteiger partial charge in [0.05, 0.1) is 31.1 Å². The number of piperazine rings is 1. The van der Waals surface area contributed by atoms with Crippen molar-refractivity contribution in [1.29, 1.82) is 0 Å². The number of nitrogens with one attached hydrogen (secondary N) is 1. The summed E-state index contributed by atoms with van der Waals surface area (Å²) in [6, 6.07) is 9.07. The van der Waals surface area contributed by atoms with Crippen molar-refractivity contribution in [3.05, 3.63) is 58.8 Å². The SMILES string of the molecule is CN(C)S(=O)(=O)c1ccc(=O)n(C[NH+]2CCN(c3ccc(F)cc3)CC2)c1. The number of nitrogens with zero attached hydrogens (tertiary/aromatic N) is 3. The molecule has 0 aliphatic carbocycles. The van der Waals surface area contributed by atoms with Gasteiger partial charge in [-0.1, -0.05) is 0 Å². The lowest BCUT2D eigenvalue weighted by Gasteiger charge is -2.33. The van der Waals surface area contributed by atoms with Crippen molar-refractivity contribution in [2.24, 2.45) is 0 Å². The molecule has 2 heterocycles. The van der Waals surface area contributed by atoms with E-state index >= 15 is 0 Å². The smallest absolute Gasteiger partial charge is 0.254 e. The first-order valence-electron chi connectivity index (χ1n) is 8.74. The zero-order valence-corrected chi connectivity index (χ0v) is 16.2. The van der Waals surface area contributed by atoms with Crippen molar-refractivity contribution in [2.45, 2.75) is 11.6 Å². The van der Waals surface area contributed by atoms with Crippen LogP contribution in [0.1, 0.15) is 0 Å². The molecule has 0 unspecified atom stereocenters. The number of anilines is 1. The summed E-state index contributed by atoms with van der Waals surface area (Å²) in [7, 11) is -0.654. The van der Waals surface area contributed by atoms with Crippen LogP contribution in [0.2, 0.25) is 0 Å². The first kappa shape index (κ1) is 19.5. The predicted molar refractivity (Wildman–Crippen MR) is 101 cm³/mol. The fraction of sp³-hybridized carbons (Fsp3) is 0.389. The third-order valence-corrected chi connectivity index (χ3v) is 6.59. The molecule has 1 N–H and O–H groups in total. The van der Waals surface area contributed by atoms with Crippen LogP contribution in [0.25, 0.3) is 0 Å². The lowest BCUT2D eigenvalue weighted by molar-refractivity contribution is -0.923. The summed E-state index contributed by atoms with van der Waals surface area (Å²) in [5.41, 5.74) is 0.757. The van der Waals surface area contributed by atoms with Gasteiger partial charge in [0.1, 0.15) is 5.82 Å². The standard InChI is InChI=1S/C18H23FN4O3S/c1-20(2)27(25,26)17-7-8-18(24)23(13-17)14-21-9-11-22(12-10-21)16-5-3-15(19)4-6-16/h3-8,13H,9-12,14H2,1-2H3/p+1. The van der Waals surface area contributed by atoms with E-state index in [0.29, 0.717) is 6.67 Å². The van der Waals surface area contributed by atoms with Crippen LogP contribution in [-0.2, 0) is 16.7 Å². The molecule has 0 saturated carbocycles. The first-order valence-corrected chi connectivity index (χ1v) is 10.2. The second-order valence-corrected chi connectivity index (χ2v) is 8.98. The Morgan fingerprint density at radius 2 is 1.70 bits per heavy atom. The van der Waals surface area contributed by atoms with Crippen LogP contribution in [0.4, 0.5) is 10.1 Å². The van der Waals surface area contributed by atoms with E-state index in [4.69, 9.17) is 0 Å². The monoisotopic (exact) mass is 395 g/mol. The molecule has 146 valence electrons. The van der Waals surface area contributed by atoms with E-state index in [1.165, 1.54) is 54.0 Å². The number of aromatic nitrogens is 1. The maximum Gasteiger partial charge on any atom is 0.254 e. The van der Waals surface area contributed by atoms with Gasteiger partial charge in [0.15, 0.2) is 6.67 Å². The van der Waals surface area contributed by atoms with Crippen molar-refractivity contribution >= 4 is 15.7 Å². The van der Waals surface area contributed by atoms with Gasteiger partial charge < -0.3 is 9.80 Å². The van der Waals surface area contributed by atoms with E-state index in [9.17, 15) is 17.6 Å². The fourth-order valence-electron chi connectivity index (χ4n) is 3.13. The molecule has 3 rings (SSSR count). The Balaban J connectivity index is 1.68. The second-order valence-electron chi connectivity index (χ2n) is 6.83. The average molecular weight is 395 g/mol. The van der Waals surface area contributed by atoms with E-state index in [1.54, 1.807) is 12.1 Å². The highest BCUT2D eigenvalue weighted by molar-refractivity contribution is 7.89. The molecule has 0 atom stereocenters. The molecule has 1 aromatic carbocycles. The van der Waals surface area contributed by atoms with Gasteiger partial charge in [0.25, 0.3) is 5.56 Å². The number of hydrogen-bond acceptors (Lipinski definition) is 4. The topological polar surface area (TPSA) is 67.1 Å². The van der Waals surface area contributed by atoms with Gasteiger partial charge in [-0.15, -0.1) is 0 Å². The van der Waals surface area contributed by atoms with E-state index < -0.39 is 10.0 Å². The number of pyridine rings is 1. The van der Waals surface area contributed by atoms with E-state index in [0.717, 1.165) is 36.2 Å². The Kier molecular flexibility index (Phi) is 5.64. The van der Waals surface area contributed by atoms with Crippen molar-refractivity contribution in [3.8, 4) is 0 Å². The van der Waals surface area contributed by atoms with Crippen LogP contribution in [-0.4, -0.2) is 57.6 Å². The molecule has 0 radical (unpaired) electrons. The molecule has 27 heavy (non-hydrogen) atoms. The number of rotatable bonds is 5. The van der Waals surface area contributed by atoms with Crippen LogP contribution in [0.15, 0.2) is 52.3 Å². The predicted octanol–water partition coefficient (Wildman–Crippen LogP) is -0.400. The Morgan fingerprint density at radius 1 is 1.07 bits per heavy atom. The lowest BCUT2D eigenvalue weighted by atomic mass is 10.2. The molecular formula is C18H24FN4O3S+. The highest BCUT2D eigenvalue weighted by Crippen LogP contribution is 2.14. The lowest BCUT2D eigenvalue weighted by Crippen LogP contribution is -3.14. The molecule has 7 nitrogen and oxygen atoms in total. The quantitative estimate of drug-likeness (QED) is 0.748. The number of halogens is 1. The third-order valence-electron chi connectivity index (χ3n) is 4.79. The minimum atomic E-state index is -3.58. The minimum absolute atomic E-state index is 0.108. The number of sulfonamides is 1. The molecule has 0 spiro atoms. The fourth-order valence-corrected chi connectivity index (χ4v) is 4.05. The average Bonchev–Trinajstić information content (AvgIpc) is 2.64. The van der Waals surface area contributed by atoms with Crippen LogP contribution >= 0.6 is 0 Å². The molecule has 1 saturated heterocycles. The molecule has 1 aromatic heterocycles. The van der Waals surface area contributed by atoms with E-state index in [-0.39, 0.29) is 16.3 Å². The third kappa shape index (κ3) is 4.37. The van der Waals surface area contributed by atoms with E-state index in [1.807, 2.05) is 0 Å². The Hall–Kier alpha value is -2.23. The van der Waals surface area contributed by atoms with Crippen LogP contribution in [0.5, 0.6) is 0 Å². The minimum Gasteiger partial charge on any atom is -0.360 e. The summed E-state index contributed by atoms with van der Waals surface area (Å²) in [6.45, 7) is 3.58. The first-order chi connectivity index (χ1) is 12.8. The van der Waals surface area contributed by atoms with Gasteiger partial charge in [-0.05, 0) is 30.3 Å². The molecule has 0 bridgehead atoms. The Morgan fingerprint density at radius 3 is 2.30 bits per heavy atom. The highest BCUT2D eigenvalue weighted by Gasteiger charge is 2.22. The van der Waals surface area contributed by atoms with Crippen molar-refractivity contribution in [1.82, 2.24) is 8.87 Å². The summed E-state index contributed by atoms with van der Waals surface area (Å²) in [5.74, 6) is -0.255. The van der Waals surface area contributed by atoms with Gasteiger partial charge in [0, 0.05) is 32.0 Å². The molecule has 9 heteroatoms. The van der Waals surface area contributed by atoms with Crippen LogP contribution in [0, 0.1) is 5.82 Å². The molecule has 1 aliphatic heterocycles. The zero-order valence-electron chi connectivity index (χ0n) is 15.4. The maximum absolute atomic E-state index is 13.1. The van der Waals surface area contributed by atoms with Gasteiger partial charge in [-0.2, -0.15) is 0 Å². The molecule has 2 aromatic rings. The largest absolute Gasteiger partial charge is 0.360 e. The maximum atomic E-state index is 13.1. The van der Waals surface area contributed by atoms with Crippen LogP contribution in [0.3, 0.4) is 0 Å². The number of hydrogen-bond donors (Lipinski definition) is 1. The molecular weight excluding hydrogens is 371 g/mol. The highest BCUT2D eigenvalue weighted by atomic mass is 32.2. The van der Waals surface area contributed by atoms with Crippen LogP contribution < -0.4 is 15.4 Å². The molecule has 1 aliphatic rings. The Labute approximate surface area is 158 Å². The zero-order chi connectivity index (χ0) is 19.6. The summed E-state index contributed by atoms with van der Waals surface area (Å²) in [4.78, 5) is 15.6. The van der Waals surface area contributed by atoms with E-state index in [2.05, 4.69) is 4.90 Å². The summed E-state index contributed by atoms with van der Waals surface area (Å²) in [6.07, 6.45) is 1.41. The molecule has 1 fully saturated rings. The molecule has 0 amide bonds. The van der Waals surface area contributed by atoms with Gasteiger partial charge in [-0.25, -0.2) is 17.1 Å². The van der Waals surface area contributed by atoms with Gasteiger partial charge >= 0.3 is 0 Å². The van der Waals surface area contributed by atoms with Gasteiger partial charge in [0.2, 0.25) is 10.0 Å².